The molecular formula is C20H19FN2O2S2. The lowest BCUT2D eigenvalue weighted by atomic mass is 10.00. The van der Waals surface area contributed by atoms with E-state index in [-0.39, 0.29) is 5.91 Å². The van der Waals surface area contributed by atoms with Crippen molar-refractivity contribution in [1.29, 1.82) is 0 Å². The summed E-state index contributed by atoms with van der Waals surface area (Å²) in [5.74, 6) is -1.09. The summed E-state index contributed by atoms with van der Waals surface area (Å²) in [6.07, 6.45) is 0. The fourth-order valence-electron chi connectivity index (χ4n) is 2.84. The van der Waals surface area contributed by atoms with Crippen molar-refractivity contribution in [1.82, 2.24) is 10.2 Å². The largest absolute Gasteiger partial charge is 0.339 e. The highest BCUT2D eigenvalue weighted by molar-refractivity contribution is 8.24. The van der Waals surface area contributed by atoms with Crippen LogP contribution in [0.2, 0.25) is 0 Å². The van der Waals surface area contributed by atoms with Gasteiger partial charge in [-0.05, 0) is 43.7 Å². The van der Waals surface area contributed by atoms with Gasteiger partial charge in [-0.3, -0.25) is 14.5 Å². The van der Waals surface area contributed by atoms with Crippen LogP contribution in [0.5, 0.6) is 0 Å². The minimum absolute atomic E-state index is 0.247. The van der Waals surface area contributed by atoms with E-state index in [2.05, 4.69) is 5.32 Å². The highest BCUT2D eigenvalue weighted by Crippen LogP contribution is 2.37. The number of hydrogen-bond acceptors (Lipinski definition) is 4. The second-order valence-electron chi connectivity index (χ2n) is 6.79. The van der Waals surface area contributed by atoms with Gasteiger partial charge in [-0.2, -0.15) is 0 Å². The number of carbonyl (C=O) groups excluding carboxylic acids is 2. The van der Waals surface area contributed by atoms with Crippen molar-refractivity contribution in [2.24, 2.45) is 0 Å². The van der Waals surface area contributed by atoms with Crippen LogP contribution in [0.25, 0.3) is 0 Å². The molecule has 1 saturated heterocycles. The van der Waals surface area contributed by atoms with E-state index in [1.807, 2.05) is 44.2 Å². The summed E-state index contributed by atoms with van der Waals surface area (Å²) in [4.78, 5) is 27.2. The molecule has 0 radical (unpaired) electrons. The molecule has 1 unspecified atom stereocenters. The fraction of sp³-hybridized carbons (Fsp3) is 0.250. The average molecular weight is 403 g/mol. The Bertz CT molecular complexity index is 869. The van der Waals surface area contributed by atoms with E-state index in [1.54, 1.807) is 0 Å². The van der Waals surface area contributed by atoms with Crippen molar-refractivity contribution in [3.63, 3.8) is 0 Å². The molecule has 0 spiro atoms. The molecular weight excluding hydrogens is 383 g/mol. The maximum atomic E-state index is 13.1. The molecule has 0 aliphatic carbocycles. The lowest BCUT2D eigenvalue weighted by Crippen LogP contribution is -2.62. The number of nitrogens with zero attached hydrogens (tertiary/aromatic N) is 1. The smallest absolute Gasteiger partial charge is 0.252 e. The molecule has 140 valence electrons. The van der Waals surface area contributed by atoms with E-state index >= 15 is 0 Å². The van der Waals surface area contributed by atoms with E-state index < -0.39 is 22.5 Å². The first-order valence-corrected chi connectivity index (χ1v) is 9.65. The third-order valence-electron chi connectivity index (χ3n) is 4.34. The Morgan fingerprint density at radius 2 is 1.81 bits per heavy atom. The first-order chi connectivity index (χ1) is 12.8. The summed E-state index contributed by atoms with van der Waals surface area (Å²) in [5.41, 5.74) is 1.25. The van der Waals surface area contributed by atoms with Crippen LogP contribution in [0, 0.1) is 5.82 Å². The molecule has 27 heavy (non-hydrogen) atoms. The number of benzene rings is 2. The second-order valence-corrected chi connectivity index (χ2v) is 9.08. The molecule has 4 nitrogen and oxygen atoms in total. The van der Waals surface area contributed by atoms with Gasteiger partial charge >= 0.3 is 0 Å². The molecule has 1 aliphatic heterocycles. The van der Waals surface area contributed by atoms with Crippen LogP contribution < -0.4 is 5.32 Å². The summed E-state index contributed by atoms with van der Waals surface area (Å²) in [5, 5.41) is 2.80. The average Bonchev–Trinajstić information content (AvgIpc) is 2.63. The maximum Gasteiger partial charge on any atom is 0.252 e. The van der Waals surface area contributed by atoms with Gasteiger partial charge < -0.3 is 5.32 Å². The summed E-state index contributed by atoms with van der Waals surface area (Å²) >= 11 is 6.82. The van der Waals surface area contributed by atoms with Crippen LogP contribution in [0.4, 0.5) is 4.39 Å². The van der Waals surface area contributed by atoms with Crippen molar-refractivity contribution in [2.75, 3.05) is 0 Å². The first-order valence-electron chi connectivity index (χ1n) is 8.42. The molecule has 7 heteroatoms. The van der Waals surface area contributed by atoms with E-state index in [0.29, 0.717) is 16.4 Å². The molecule has 3 rings (SSSR count). The molecule has 2 aromatic rings. The van der Waals surface area contributed by atoms with Gasteiger partial charge in [0.1, 0.15) is 16.2 Å². The van der Waals surface area contributed by atoms with Crippen molar-refractivity contribution in [2.45, 2.75) is 31.2 Å². The van der Waals surface area contributed by atoms with Crippen molar-refractivity contribution in [3.8, 4) is 0 Å². The molecule has 1 N–H and O–H groups in total. The number of halogens is 1. The van der Waals surface area contributed by atoms with Crippen LogP contribution >= 0.6 is 24.0 Å². The zero-order chi connectivity index (χ0) is 19.6. The Morgan fingerprint density at radius 1 is 1.19 bits per heavy atom. The van der Waals surface area contributed by atoms with Crippen LogP contribution in [0.3, 0.4) is 0 Å². The van der Waals surface area contributed by atoms with E-state index in [1.165, 1.54) is 40.9 Å². The Morgan fingerprint density at radius 3 is 2.44 bits per heavy atom. The second kappa shape index (κ2) is 7.78. The minimum atomic E-state index is -0.754. The number of rotatable bonds is 4. The molecule has 1 aliphatic rings. The van der Waals surface area contributed by atoms with Crippen LogP contribution in [0.15, 0.2) is 54.6 Å². The highest BCUT2D eigenvalue weighted by atomic mass is 32.2. The summed E-state index contributed by atoms with van der Waals surface area (Å²) < 4.78 is 13.0. The van der Waals surface area contributed by atoms with Gasteiger partial charge in [0.2, 0.25) is 0 Å². The van der Waals surface area contributed by atoms with E-state index in [0.717, 1.165) is 5.56 Å². The zero-order valence-electron chi connectivity index (χ0n) is 14.9. The molecule has 2 aromatic carbocycles. The molecule has 1 fully saturated rings. The third-order valence-corrected chi connectivity index (χ3v) is 5.97. The van der Waals surface area contributed by atoms with Gasteiger partial charge in [-0.25, -0.2) is 4.39 Å². The van der Waals surface area contributed by atoms with E-state index in [9.17, 15) is 14.0 Å². The Hall–Kier alpha value is -2.25. The van der Waals surface area contributed by atoms with Gasteiger partial charge in [0, 0.05) is 10.3 Å². The van der Waals surface area contributed by atoms with Gasteiger partial charge in [0.25, 0.3) is 11.8 Å². The summed E-state index contributed by atoms with van der Waals surface area (Å²) in [6.45, 7) is 4.10. The maximum absolute atomic E-state index is 13.1. The standard InChI is InChI=1S/C20H19FN2O2S2/c1-20(2)16(22-17(24)14-8-10-15(21)11-9-14)18(25)23(19(26)27-20)12-13-6-4-3-5-7-13/h3-11,16H,12H2,1-2H3,(H,22,24). The lowest BCUT2D eigenvalue weighted by Gasteiger charge is -2.42. The predicted molar refractivity (Wildman–Crippen MR) is 109 cm³/mol. The quantitative estimate of drug-likeness (QED) is 0.791. The summed E-state index contributed by atoms with van der Waals surface area (Å²) in [7, 11) is 0. The number of amides is 2. The van der Waals surface area contributed by atoms with Gasteiger partial charge in [-0.1, -0.05) is 54.3 Å². The monoisotopic (exact) mass is 402 g/mol. The predicted octanol–water partition coefficient (Wildman–Crippen LogP) is 3.76. The van der Waals surface area contributed by atoms with E-state index in [4.69, 9.17) is 12.2 Å². The highest BCUT2D eigenvalue weighted by Gasteiger charge is 2.46. The van der Waals surface area contributed by atoms with Crippen LogP contribution in [-0.4, -0.2) is 31.8 Å². The van der Waals surface area contributed by atoms with Crippen LogP contribution in [0.1, 0.15) is 29.8 Å². The van der Waals surface area contributed by atoms with Crippen molar-refractivity contribution >= 4 is 40.1 Å². The van der Waals surface area contributed by atoms with Crippen LogP contribution in [-0.2, 0) is 11.3 Å². The number of nitrogens with one attached hydrogen (secondary N) is 1. The topological polar surface area (TPSA) is 49.4 Å². The van der Waals surface area contributed by atoms with Gasteiger partial charge in [0.05, 0.1) is 6.54 Å². The van der Waals surface area contributed by atoms with Gasteiger partial charge in [-0.15, -0.1) is 0 Å². The van der Waals surface area contributed by atoms with Gasteiger partial charge in [0.15, 0.2) is 0 Å². The molecule has 0 aromatic heterocycles. The molecule has 1 heterocycles. The Labute approximate surface area is 167 Å². The number of carbonyl (C=O) groups is 2. The zero-order valence-corrected chi connectivity index (χ0v) is 16.6. The number of hydrogen-bond donors (Lipinski definition) is 1. The third kappa shape index (κ3) is 4.36. The molecule has 0 bridgehead atoms. The minimum Gasteiger partial charge on any atom is -0.339 e. The summed E-state index contributed by atoms with van der Waals surface area (Å²) in [6, 6.07) is 14.0. The first kappa shape index (κ1) is 19.5. The Balaban J connectivity index is 1.81. The molecule has 2 amide bonds. The normalized spacial score (nSPS) is 19.1. The Kier molecular flexibility index (Phi) is 5.62. The fourth-order valence-corrected chi connectivity index (χ4v) is 4.63. The molecule has 0 saturated carbocycles. The lowest BCUT2D eigenvalue weighted by molar-refractivity contribution is -0.130. The number of thiocarbonyl (C=S) groups is 1. The SMILES string of the molecule is CC1(C)SC(=S)N(Cc2ccccc2)C(=O)C1NC(=O)c1ccc(F)cc1. The van der Waals surface area contributed by atoms with Crippen molar-refractivity contribution < 1.29 is 14.0 Å². The van der Waals surface area contributed by atoms with Crippen molar-refractivity contribution in [3.05, 3.63) is 71.5 Å². The molecule has 1 atom stereocenters. The number of thioether (sulfide) groups is 1.